The van der Waals surface area contributed by atoms with E-state index in [9.17, 15) is 22.4 Å². The maximum Gasteiger partial charge on any atom is 0.504 e. The normalized spacial score (nSPS) is 11.8. The number of nitrogens with zero attached hydrogens (tertiary/aromatic N) is 2. The van der Waals surface area contributed by atoms with Gasteiger partial charge in [0.05, 0.1) is 23.0 Å². The van der Waals surface area contributed by atoms with Gasteiger partial charge in [0.1, 0.15) is 11.5 Å². The van der Waals surface area contributed by atoms with Gasteiger partial charge in [-0.1, -0.05) is 129 Å². The van der Waals surface area contributed by atoms with Gasteiger partial charge in [0.25, 0.3) is 19.7 Å². The second-order valence-corrected chi connectivity index (χ2v) is 17.2. The van der Waals surface area contributed by atoms with Crippen molar-refractivity contribution in [3.05, 3.63) is 53.1 Å². The maximum atomic E-state index is 13.5. The Bertz CT molecular complexity index is 1410. The van der Waals surface area contributed by atoms with Gasteiger partial charge in [0.2, 0.25) is 0 Å². The standard InChI is InChI=1S/C39H62N2O6S2/c1-5-7-9-11-13-15-17-19-21-23-29-46-35-25-27-37(33(3)31-35)48(42,43)39(41-40)49(44,45)38-28-26-36(32-34(38)4)47-30-24-22-20-18-16-14-12-10-8-6-2/h25-28,31-32H,5-24,29-30H2,1-4H3. The second kappa shape index (κ2) is 23.7. The molecule has 2 aromatic carbocycles. The number of benzene rings is 2. The molecule has 276 valence electrons. The predicted molar refractivity (Wildman–Crippen MR) is 200 cm³/mol. The average Bonchev–Trinajstić information content (AvgIpc) is 3.06. The molecule has 0 aliphatic carbocycles. The summed E-state index contributed by atoms with van der Waals surface area (Å²) in [4.78, 5) is 2.29. The van der Waals surface area contributed by atoms with E-state index in [0.29, 0.717) is 35.8 Å². The highest BCUT2D eigenvalue weighted by Gasteiger charge is 2.45. The SMILES string of the molecule is CCCCCCCCCCCCOc1ccc(S(=O)(=O)C(=[N+]=[N-])S(=O)(=O)c2ccc(OCCCCCCCCCCCC)cc2C)c(C)c1. The third-order valence-electron chi connectivity index (χ3n) is 8.95. The summed E-state index contributed by atoms with van der Waals surface area (Å²) in [6.45, 7) is 8.61. The van der Waals surface area contributed by atoms with Crippen LogP contribution >= 0.6 is 0 Å². The largest absolute Gasteiger partial charge is 0.504 e. The number of hydrogen-bond donors (Lipinski definition) is 0. The summed E-state index contributed by atoms with van der Waals surface area (Å²) in [5.41, 5.74) is 10.3. The Morgan fingerprint density at radius 3 is 1.12 bits per heavy atom. The summed E-state index contributed by atoms with van der Waals surface area (Å²) in [5.74, 6) is 1.00. The summed E-state index contributed by atoms with van der Waals surface area (Å²) in [7, 11) is -9.37. The fraction of sp³-hybridized carbons (Fsp3) is 0.667. The minimum Gasteiger partial charge on any atom is -0.494 e. The molecule has 0 fully saturated rings. The number of ether oxygens (including phenoxy) is 2. The number of sulfone groups is 2. The first-order valence-corrected chi connectivity index (χ1v) is 21.7. The Balaban J connectivity index is 1.89. The quantitative estimate of drug-likeness (QED) is 0.0313. The van der Waals surface area contributed by atoms with Gasteiger partial charge < -0.3 is 15.0 Å². The van der Waals surface area contributed by atoms with E-state index in [4.69, 9.17) is 9.47 Å². The molecule has 0 spiro atoms. The van der Waals surface area contributed by atoms with E-state index in [1.165, 1.54) is 127 Å². The van der Waals surface area contributed by atoms with Crippen LogP contribution in [0.25, 0.3) is 5.53 Å². The summed E-state index contributed by atoms with van der Waals surface area (Å²) in [6.07, 6.45) is 24.4. The molecule has 8 nitrogen and oxygen atoms in total. The van der Waals surface area contributed by atoms with Crippen LogP contribution in [-0.2, 0) is 19.7 Å². The molecule has 0 saturated heterocycles. The Hall–Kier alpha value is -2.68. The van der Waals surface area contributed by atoms with Crippen molar-refractivity contribution in [3.8, 4) is 11.5 Å². The van der Waals surface area contributed by atoms with Crippen LogP contribution in [0.4, 0.5) is 0 Å². The lowest BCUT2D eigenvalue weighted by Crippen LogP contribution is -2.27. The smallest absolute Gasteiger partial charge is 0.494 e. The average molecular weight is 719 g/mol. The molecule has 2 rings (SSSR count). The van der Waals surface area contributed by atoms with Crippen molar-refractivity contribution in [1.82, 2.24) is 0 Å². The molecule has 0 N–H and O–H groups in total. The van der Waals surface area contributed by atoms with Crippen molar-refractivity contribution >= 4 is 24.1 Å². The topological polar surface area (TPSA) is 123 Å². The molecule has 0 saturated carbocycles. The minimum atomic E-state index is -4.69. The highest BCUT2D eigenvalue weighted by molar-refractivity contribution is 8.31. The van der Waals surface area contributed by atoms with Crippen LogP contribution in [0.2, 0.25) is 0 Å². The summed E-state index contributed by atoms with van der Waals surface area (Å²) < 4.78 is 64.6. The molecule has 2 aromatic rings. The van der Waals surface area contributed by atoms with Gasteiger partial charge in [-0.25, -0.2) is 16.8 Å². The van der Waals surface area contributed by atoms with Gasteiger partial charge in [-0.3, -0.25) is 0 Å². The molecule has 0 bridgehead atoms. The van der Waals surface area contributed by atoms with Crippen LogP contribution in [0.3, 0.4) is 0 Å². The van der Waals surface area contributed by atoms with E-state index in [1.807, 2.05) is 0 Å². The summed E-state index contributed by atoms with van der Waals surface area (Å²) >= 11 is 0. The number of hydrogen-bond acceptors (Lipinski definition) is 6. The van der Waals surface area contributed by atoms with E-state index in [0.717, 1.165) is 25.7 Å². The van der Waals surface area contributed by atoms with Gasteiger partial charge in [-0.2, -0.15) is 0 Å². The van der Waals surface area contributed by atoms with Crippen LogP contribution in [0.1, 0.15) is 153 Å². The van der Waals surface area contributed by atoms with Crippen molar-refractivity contribution in [3.63, 3.8) is 0 Å². The van der Waals surface area contributed by atoms with Gasteiger partial charge in [-0.05, 0) is 74.2 Å². The third-order valence-corrected chi connectivity index (χ3v) is 13.4. The van der Waals surface area contributed by atoms with Crippen molar-refractivity contribution in [2.24, 2.45) is 0 Å². The Morgan fingerprint density at radius 1 is 0.531 bits per heavy atom. The van der Waals surface area contributed by atoms with Crippen molar-refractivity contribution in [2.75, 3.05) is 13.2 Å². The van der Waals surface area contributed by atoms with Gasteiger partial charge >= 0.3 is 4.38 Å². The molecular weight excluding hydrogens is 657 g/mol. The van der Waals surface area contributed by atoms with Gasteiger partial charge in [0, 0.05) is 0 Å². The van der Waals surface area contributed by atoms with Crippen LogP contribution in [-0.4, -0.2) is 39.2 Å². The fourth-order valence-corrected chi connectivity index (χ4v) is 9.77. The van der Waals surface area contributed by atoms with Crippen molar-refractivity contribution < 1.29 is 31.1 Å². The highest BCUT2D eigenvalue weighted by atomic mass is 32.3. The lowest BCUT2D eigenvalue weighted by Gasteiger charge is -2.11. The van der Waals surface area contributed by atoms with E-state index < -0.39 is 24.1 Å². The molecule has 0 radical (unpaired) electrons. The Morgan fingerprint density at radius 2 is 0.837 bits per heavy atom. The van der Waals surface area contributed by atoms with Crippen LogP contribution < -0.4 is 9.47 Å². The first kappa shape index (κ1) is 42.5. The van der Waals surface area contributed by atoms with Crippen molar-refractivity contribution in [1.29, 1.82) is 0 Å². The maximum absolute atomic E-state index is 13.5. The monoisotopic (exact) mass is 718 g/mol. The van der Waals surface area contributed by atoms with E-state index in [2.05, 4.69) is 18.6 Å². The molecule has 49 heavy (non-hydrogen) atoms. The van der Waals surface area contributed by atoms with E-state index >= 15 is 0 Å². The minimum absolute atomic E-state index is 0.260. The lowest BCUT2D eigenvalue weighted by molar-refractivity contribution is 0.00379. The summed E-state index contributed by atoms with van der Waals surface area (Å²) in [5, 5.41) is 0. The summed E-state index contributed by atoms with van der Waals surface area (Å²) in [6, 6.07) is 8.74. The molecule has 0 aliphatic heterocycles. The molecule has 0 aromatic heterocycles. The lowest BCUT2D eigenvalue weighted by atomic mass is 10.1. The Labute approximate surface area is 297 Å². The molecule has 0 unspecified atom stereocenters. The van der Waals surface area contributed by atoms with Gasteiger partial charge in [-0.15, -0.1) is 4.79 Å². The molecule has 0 aliphatic rings. The zero-order chi connectivity index (χ0) is 36.0. The third kappa shape index (κ3) is 15.0. The zero-order valence-corrected chi connectivity index (χ0v) is 32.3. The first-order valence-electron chi connectivity index (χ1n) is 18.8. The zero-order valence-electron chi connectivity index (χ0n) is 30.7. The molecule has 0 atom stereocenters. The highest BCUT2D eigenvalue weighted by Crippen LogP contribution is 2.29. The predicted octanol–water partition coefficient (Wildman–Crippen LogP) is 10.7. The van der Waals surface area contributed by atoms with Crippen molar-refractivity contribution in [2.45, 2.75) is 166 Å². The fourth-order valence-electron chi connectivity index (χ4n) is 6.03. The first-order chi connectivity index (χ1) is 23.6. The van der Waals surface area contributed by atoms with Crippen LogP contribution in [0, 0.1) is 13.8 Å². The number of aryl methyl sites for hydroxylation is 2. The molecule has 10 heteroatoms. The molecule has 0 heterocycles. The second-order valence-electron chi connectivity index (χ2n) is 13.3. The van der Waals surface area contributed by atoms with Gasteiger partial charge in [0.15, 0.2) is 0 Å². The van der Waals surface area contributed by atoms with E-state index in [1.54, 1.807) is 26.0 Å². The number of unbranched alkanes of at least 4 members (excludes halogenated alkanes) is 18. The van der Waals surface area contributed by atoms with E-state index in [-0.39, 0.29) is 9.79 Å². The molecule has 0 amide bonds. The molecular formula is C39H62N2O6S2. The number of rotatable bonds is 26. The van der Waals surface area contributed by atoms with Crippen LogP contribution in [0.15, 0.2) is 46.2 Å². The van der Waals surface area contributed by atoms with Crippen LogP contribution in [0.5, 0.6) is 11.5 Å². The Kier molecular flexibility index (Phi) is 20.5.